The molecule has 0 bridgehead atoms. The Labute approximate surface area is 130 Å². The molecular formula is C15H10Cl2N2O2. The highest BCUT2D eigenvalue weighted by molar-refractivity contribution is 6.36. The number of nitrogens with one attached hydrogen (secondary N) is 1. The minimum Gasteiger partial charge on any atom is -0.449 e. The molecule has 2 aromatic heterocycles. The van der Waals surface area contributed by atoms with Crippen LogP contribution in [0, 0.1) is 6.92 Å². The van der Waals surface area contributed by atoms with E-state index in [1.165, 1.54) is 0 Å². The van der Waals surface area contributed by atoms with Gasteiger partial charge in [0, 0.05) is 16.8 Å². The summed E-state index contributed by atoms with van der Waals surface area (Å²) >= 11 is 11.8. The molecule has 21 heavy (non-hydrogen) atoms. The van der Waals surface area contributed by atoms with Crippen molar-refractivity contribution in [3.63, 3.8) is 0 Å². The van der Waals surface area contributed by atoms with E-state index in [2.05, 4.69) is 10.3 Å². The summed E-state index contributed by atoms with van der Waals surface area (Å²) in [7, 11) is 0. The monoisotopic (exact) mass is 320 g/mol. The lowest BCUT2D eigenvalue weighted by molar-refractivity contribution is 0.0998. The Bertz CT molecular complexity index is 843. The summed E-state index contributed by atoms with van der Waals surface area (Å²) in [6.07, 6.45) is 0. The number of aromatic nitrogens is 1. The van der Waals surface area contributed by atoms with Crippen molar-refractivity contribution in [2.75, 3.05) is 5.32 Å². The smallest absolute Gasteiger partial charge is 0.291 e. The highest BCUT2D eigenvalue weighted by Gasteiger charge is 2.14. The van der Waals surface area contributed by atoms with Crippen LogP contribution in [0.1, 0.15) is 16.2 Å². The number of anilines is 1. The quantitative estimate of drug-likeness (QED) is 0.744. The van der Waals surface area contributed by atoms with Crippen LogP contribution in [0.2, 0.25) is 10.0 Å². The zero-order chi connectivity index (χ0) is 15.0. The zero-order valence-corrected chi connectivity index (χ0v) is 12.5. The molecule has 3 aromatic rings. The van der Waals surface area contributed by atoms with Crippen molar-refractivity contribution >= 4 is 45.9 Å². The van der Waals surface area contributed by atoms with Crippen molar-refractivity contribution in [1.82, 2.24) is 4.98 Å². The van der Waals surface area contributed by atoms with E-state index in [4.69, 9.17) is 27.6 Å². The Morgan fingerprint density at radius 2 is 2.00 bits per heavy atom. The summed E-state index contributed by atoms with van der Waals surface area (Å²) in [6, 6.07) is 10.0. The van der Waals surface area contributed by atoms with E-state index in [-0.39, 0.29) is 5.76 Å². The third-order valence-corrected chi connectivity index (χ3v) is 3.46. The van der Waals surface area contributed by atoms with Crippen molar-refractivity contribution < 1.29 is 9.21 Å². The second-order valence-corrected chi connectivity index (χ2v) is 5.37. The average Bonchev–Trinajstić information content (AvgIpc) is 2.85. The summed E-state index contributed by atoms with van der Waals surface area (Å²) in [5, 5.41) is 3.54. The highest BCUT2D eigenvalue weighted by Crippen LogP contribution is 2.26. The Balaban J connectivity index is 1.89. The molecule has 1 aromatic carbocycles. The molecule has 0 aliphatic carbocycles. The molecule has 4 nitrogen and oxygen atoms in total. The molecular weight excluding hydrogens is 311 g/mol. The molecule has 3 rings (SSSR count). The van der Waals surface area contributed by atoms with E-state index >= 15 is 0 Å². The maximum Gasteiger partial charge on any atom is 0.291 e. The first kappa shape index (κ1) is 13.9. The minimum absolute atomic E-state index is 0.175. The lowest BCUT2D eigenvalue weighted by Gasteiger charge is -2.05. The van der Waals surface area contributed by atoms with Crippen molar-refractivity contribution in [3.05, 3.63) is 57.9 Å². The molecule has 6 heteroatoms. The number of benzene rings is 1. The predicted octanol–water partition coefficient (Wildman–Crippen LogP) is 4.70. The number of carbonyl (C=O) groups excluding carboxylic acids is 1. The van der Waals surface area contributed by atoms with Gasteiger partial charge >= 0.3 is 0 Å². The number of aryl methyl sites for hydroxylation is 1. The number of carbonyl (C=O) groups is 1. The fourth-order valence-electron chi connectivity index (χ4n) is 1.91. The van der Waals surface area contributed by atoms with Gasteiger partial charge in [0.2, 0.25) is 0 Å². The molecule has 2 heterocycles. The molecule has 1 amide bonds. The van der Waals surface area contributed by atoms with Gasteiger partial charge in [-0.15, -0.1) is 0 Å². The topological polar surface area (TPSA) is 55.1 Å². The van der Waals surface area contributed by atoms with Gasteiger partial charge in [-0.05, 0) is 37.3 Å². The average molecular weight is 321 g/mol. The molecule has 0 unspecified atom stereocenters. The third-order valence-electron chi connectivity index (χ3n) is 2.92. The maximum absolute atomic E-state index is 12.2. The highest BCUT2D eigenvalue weighted by atomic mass is 35.5. The van der Waals surface area contributed by atoms with Crippen LogP contribution >= 0.6 is 23.2 Å². The molecule has 0 radical (unpaired) electrons. The number of hydrogen-bond donors (Lipinski definition) is 1. The first-order valence-corrected chi connectivity index (χ1v) is 6.92. The summed E-state index contributed by atoms with van der Waals surface area (Å²) < 4.78 is 5.48. The van der Waals surface area contributed by atoms with Gasteiger partial charge in [-0.3, -0.25) is 4.79 Å². The van der Waals surface area contributed by atoms with E-state index in [1.807, 2.05) is 13.0 Å². The van der Waals surface area contributed by atoms with Crippen LogP contribution in [0.5, 0.6) is 0 Å². The zero-order valence-electron chi connectivity index (χ0n) is 11.0. The fourth-order valence-corrected chi connectivity index (χ4v) is 2.37. The summed E-state index contributed by atoms with van der Waals surface area (Å²) in [5.74, 6) is -0.219. The molecule has 1 N–H and O–H groups in total. The molecule has 0 saturated heterocycles. The Morgan fingerprint density at radius 1 is 1.19 bits per heavy atom. The van der Waals surface area contributed by atoms with Gasteiger partial charge in [0.15, 0.2) is 11.3 Å². The van der Waals surface area contributed by atoms with Crippen molar-refractivity contribution in [3.8, 4) is 0 Å². The number of hydrogen-bond acceptors (Lipinski definition) is 3. The van der Waals surface area contributed by atoms with E-state index < -0.39 is 5.91 Å². The van der Waals surface area contributed by atoms with Crippen molar-refractivity contribution in [2.24, 2.45) is 0 Å². The van der Waals surface area contributed by atoms with E-state index in [9.17, 15) is 4.79 Å². The second-order valence-electron chi connectivity index (χ2n) is 4.52. The number of rotatable bonds is 2. The van der Waals surface area contributed by atoms with Gasteiger partial charge in [0.1, 0.15) is 5.52 Å². The molecule has 0 aliphatic heterocycles. The molecule has 0 saturated carbocycles. The molecule has 106 valence electrons. The van der Waals surface area contributed by atoms with Gasteiger partial charge in [-0.25, -0.2) is 4.98 Å². The van der Waals surface area contributed by atoms with E-state index in [0.29, 0.717) is 26.8 Å². The predicted molar refractivity (Wildman–Crippen MR) is 83.2 cm³/mol. The summed E-state index contributed by atoms with van der Waals surface area (Å²) in [5.41, 5.74) is 2.53. The van der Waals surface area contributed by atoms with Gasteiger partial charge in [0.25, 0.3) is 5.91 Å². The minimum atomic E-state index is -0.394. The van der Waals surface area contributed by atoms with Crippen LogP contribution in [0.25, 0.3) is 11.1 Å². The van der Waals surface area contributed by atoms with Crippen LogP contribution < -0.4 is 5.32 Å². The first-order chi connectivity index (χ1) is 10.0. The lowest BCUT2D eigenvalue weighted by Crippen LogP contribution is -2.11. The van der Waals surface area contributed by atoms with Crippen LogP contribution in [-0.4, -0.2) is 10.9 Å². The number of halogens is 2. The van der Waals surface area contributed by atoms with Crippen LogP contribution in [-0.2, 0) is 0 Å². The van der Waals surface area contributed by atoms with Gasteiger partial charge in [0.05, 0.1) is 10.7 Å². The third kappa shape index (κ3) is 2.86. The lowest BCUT2D eigenvalue weighted by atomic mass is 10.3. The van der Waals surface area contributed by atoms with Crippen molar-refractivity contribution in [2.45, 2.75) is 6.92 Å². The molecule has 0 fully saturated rings. The number of furan rings is 1. The van der Waals surface area contributed by atoms with Gasteiger partial charge in [-0.1, -0.05) is 23.2 Å². The largest absolute Gasteiger partial charge is 0.449 e. The van der Waals surface area contributed by atoms with Crippen LogP contribution in [0.4, 0.5) is 5.69 Å². The Kier molecular flexibility index (Phi) is 3.57. The molecule has 0 spiro atoms. The van der Waals surface area contributed by atoms with Gasteiger partial charge in [-0.2, -0.15) is 0 Å². The van der Waals surface area contributed by atoms with E-state index in [1.54, 1.807) is 30.3 Å². The number of amides is 1. The summed E-state index contributed by atoms with van der Waals surface area (Å²) in [4.78, 5) is 16.5. The first-order valence-electron chi connectivity index (χ1n) is 6.16. The van der Waals surface area contributed by atoms with Gasteiger partial charge < -0.3 is 9.73 Å². The van der Waals surface area contributed by atoms with Crippen LogP contribution in [0.3, 0.4) is 0 Å². The fraction of sp³-hybridized carbons (Fsp3) is 0.0667. The van der Waals surface area contributed by atoms with Crippen LogP contribution in [0.15, 0.2) is 40.8 Å². The summed E-state index contributed by atoms with van der Waals surface area (Å²) in [6.45, 7) is 1.87. The molecule has 0 aliphatic rings. The molecule has 0 atom stereocenters. The number of fused-ring (bicyclic) bond motifs is 1. The second kappa shape index (κ2) is 5.39. The number of nitrogens with zero attached hydrogens (tertiary/aromatic N) is 1. The Morgan fingerprint density at radius 3 is 2.76 bits per heavy atom. The standard InChI is InChI=1S/C15H10Cl2N2O2/c1-8-2-5-13-12(18-8)7-14(21-13)15(20)19-11-4-3-9(16)6-10(11)17/h2-7H,1H3,(H,19,20). The number of pyridine rings is 1. The SMILES string of the molecule is Cc1ccc2oc(C(=O)Nc3ccc(Cl)cc3Cl)cc2n1. The Hall–Kier alpha value is -2.04. The van der Waals surface area contributed by atoms with E-state index in [0.717, 1.165) is 5.69 Å². The van der Waals surface area contributed by atoms with Crippen molar-refractivity contribution in [1.29, 1.82) is 0 Å². The normalized spacial score (nSPS) is 10.8. The maximum atomic E-state index is 12.2.